The van der Waals surface area contributed by atoms with Crippen LogP contribution in [0.25, 0.3) is 0 Å². The fraction of sp³-hybridized carbons (Fsp3) is 0.0667. The molecular weight excluding hydrogens is 326 g/mol. The second kappa shape index (κ2) is 4.93. The van der Waals surface area contributed by atoms with E-state index in [0.29, 0.717) is 0 Å². The second-order valence-electron chi connectivity index (χ2n) is 4.85. The fourth-order valence-corrected chi connectivity index (χ4v) is 4.00. The molecule has 2 aromatic rings. The summed E-state index contributed by atoms with van der Waals surface area (Å²) in [5, 5.41) is -0.0310. The van der Waals surface area contributed by atoms with Gasteiger partial charge in [-0.1, -0.05) is 29.8 Å². The molecule has 0 aliphatic carbocycles. The summed E-state index contributed by atoms with van der Waals surface area (Å²) in [6, 6.07) is 10.6. The Morgan fingerprint density at radius 3 is 1.95 bits per heavy atom. The van der Waals surface area contributed by atoms with Crippen molar-refractivity contribution in [3.05, 3.63) is 58.6 Å². The third-order valence-electron chi connectivity index (χ3n) is 3.35. The lowest BCUT2D eigenvalue weighted by Gasteiger charge is -2.18. The molecule has 1 aliphatic heterocycles. The van der Waals surface area contributed by atoms with Gasteiger partial charge in [-0.25, -0.2) is 13.3 Å². The molecule has 1 heterocycles. The summed E-state index contributed by atoms with van der Waals surface area (Å²) in [4.78, 5) is 25.6. The number of fused-ring (bicyclic) bond motifs is 1. The van der Waals surface area contributed by atoms with Crippen LogP contribution in [0.15, 0.2) is 47.4 Å². The number of imide groups is 1. The van der Waals surface area contributed by atoms with Crippen molar-refractivity contribution in [3.63, 3.8) is 0 Å². The van der Waals surface area contributed by atoms with Gasteiger partial charge >= 0.3 is 0 Å². The van der Waals surface area contributed by atoms with E-state index in [1.54, 1.807) is 12.1 Å². The SMILES string of the molecule is CS(=O)(=O)c1c(Cl)cccc1N1C(=O)c2ccccc2C1=O. The van der Waals surface area contributed by atoms with E-state index in [1.807, 2.05) is 0 Å². The van der Waals surface area contributed by atoms with Crippen molar-refractivity contribution in [2.24, 2.45) is 0 Å². The molecule has 0 spiro atoms. The maximum atomic E-state index is 12.5. The first kappa shape index (κ1) is 14.7. The van der Waals surface area contributed by atoms with E-state index >= 15 is 0 Å². The molecule has 0 fully saturated rings. The summed E-state index contributed by atoms with van der Waals surface area (Å²) in [6.07, 6.45) is 0.982. The van der Waals surface area contributed by atoms with Gasteiger partial charge in [0.1, 0.15) is 4.90 Å². The van der Waals surface area contributed by atoms with Gasteiger partial charge in [-0.2, -0.15) is 0 Å². The van der Waals surface area contributed by atoms with Crippen molar-refractivity contribution in [1.29, 1.82) is 0 Å². The standard InChI is InChI=1S/C15H10ClNO4S/c1-22(20,21)13-11(16)7-4-8-12(13)17-14(18)9-5-2-3-6-10(9)15(17)19/h2-8H,1H3. The largest absolute Gasteiger partial charge is 0.268 e. The Morgan fingerprint density at radius 2 is 1.45 bits per heavy atom. The van der Waals surface area contributed by atoms with Gasteiger partial charge in [-0.05, 0) is 24.3 Å². The molecule has 5 nitrogen and oxygen atoms in total. The first-order chi connectivity index (χ1) is 10.3. The van der Waals surface area contributed by atoms with Crippen molar-refractivity contribution in [3.8, 4) is 0 Å². The first-order valence-electron chi connectivity index (χ1n) is 6.29. The molecule has 1 aliphatic rings. The third-order valence-corrected chi connectivity index (χ3v) is 4.95. The molecule has 0 radical (unpaired) electrons. The van der Waals surface area contributed by atoms with Crippen molar-refractivity contribution in [2.75, 3.05) is 11.2 Å². The number of carbonyl (C=O) groups excluding carboxylic acids is 2. The Labute approximate surface area is 132 Å². The molecule has 0 N–H and O–H groups in total. The van der Waals surface area contributed by atoms with Crippen molar-refractivity contribution in [2.45, 2.75) is 4.90 Å². The fourth-order valence-electron chi connectivity index (χ4n) is 2.45. The smallest absolute Gasteiger partial charge is 0.266 e. The van der Waals surface area contributed by atoms with Gasteiger partial charge in [0.25, 0.3) is 11.8 Å². The third kappa shape index (κ3) is 2.12. The molecule has 112 valence electrons. The predicted octanol–water partition coefficient (Wildman–Crippen LogP) is 2.54. The van der Waals surface area contributed by atoms with Gasteiger partial charge in [0.05, 0.1) is 21.8 Å². The number of hydrogen-bond acceptors (Lipinski definition) is 4. The molecule has 3 rings (SSSR count). The number of rotatable bonds is 2. The van der Waals surface area contributed by atoms with Gasteiger partial charge < -0.3 is 0 Å². The van der Waals surface area contributed by atoms with E-state index < -0.39 is 21.7 Å². The van der Waals surface area contributed by atoms with E-state index in [0.717, 1.165) is 11.2 Å². The van der Waals surface area contributed by atoms with E-state index in [9.17, 15) is 18.0 Å². The molecule has 2 amide bonds. The average Bonchev–Trinajstić information content (AvgIpc) is 2.70. The summed E-state index contributed by atoms with van der Waals surface area (Å²) in [6.45, 7) is 0. The molecule has 2 aromatic carbocycles. The predicted molar refractivity (Wildman–Crippen MR) is 82.1 cm³/mol. The second-order valence-corrected chi connectivity index (χ2v) is 7.21. The van der Waals surface area contributed by atoms with Crippen LogP contribution in [0.1, 0.15) is 20.7 Å². The monoisotopic (exact) mass is 335 g/mol. The highest BCUT2D eigenvalue weighted by Gasteiger charge is 2.38. The average molecular weight is 336 g/mol. The lowest BCUT2D eigenvalue weighted by Crippen LogP contribution is -2.30. The quantitative estimate of drug-likeness (QED) is 0.791. The van der Waals surface area contributed by atoms with Crippen LogP contribution >= 0.6 is 11.6 Å². The van der Waals surface area contributed by atoms with Gasteiger partial charge in [0, 0.05) is 6.26 Å². The van der Waals surface area contributed by atoms with E-state index in [-0.39, 0.29) is 26.7 Å². The summed E-state index contributed by atoms with van der Waals surface area (Å²) >= 11 is 5.97. The van der Waals surface area contributed by atoms with Crippen molar-refractivity contribution >= 4 is 38.9 Å². The van der Waals surface area contributed by atoms with Crippen LogP contribution in [0, 0.1) is 0 Å². The zero-order chi connectivity index (χ0) is 16.1. The minimum atomic E-state index is -3.71. The number of amides is 2. The minimum Gasteiger partial charge on any atom is -0.268 e. The number of halogens is 1. The number of hydrogen-bond donors (Lipinski definition) is 0. The molecule has 0 saturated carbocycles. The molecular formula is C15H10ClNO4S. The van der Waals surface area contributed by atoms with E-state index in [1.165, 1.54) is 30.3 Å². The first-order valence-corrected chi connectivity index (χ1v) is 8.55. The summed E-state index contributed by atoms with van der Waals surface area (Å²) in [5.41, 5.74) is 0.458. The Balaban J connectivity index is 2.26. The molecule has 0 aromatic heterocycles. The van der Waals surface area contributed by atoms with Crippen LogP contribution in [0.5, 0.6) is 0 Å². The number of carbonyl (C=O) groups is 2. The number of benzene rings is 2. The lowest BCUT2D eigenvalue weighted by atomic mass is 10.1. The van der Waals surface area contributed by atoms with Crippen LogP contribution in [0.3, 0.4) is 0 Å². The van der Waals surface area contributed by atoms with E-state index in [2.05, 4.69) is 0 Å². The maximum absolute atomic E-state index is 12.5. The molecule has 0 atom stereocenters. The lowest BCUT2D eigenvalue weighted by molar-refractivity contribution is 0.0925. The molecule has 7 heteroatoms. The van der Waals surface area contributed by atoms with Crippen LogP contribution in [-0.4, -0.2) is 26.5 Å². The van der Waals surface area contributed by atoms with Crippen LogP contribution in [0.2, 0.25) is 5.02 Å². The Kier molecular flexibility index (Phi) is 3.30. The zero-order valence-electron chi connectivity index (χ0n) is 11.4. The number of anilines is 1. The van der Waals surface area contributed by atoms with Crippen molar-refractivity contribution < 1.29 is 18.0 Å². The molecule has 0 saturated heterocycles. The molecule has 22 heavy (non-hydrogen) atoms. The summed E-state index contributed by atoms with van der Waals surface area (Å²) in [5.74, 6) is -1.12. The normalized spacial score (nSPS) is 14.4. The highest BCUT2D eigenvalue weighted by molar-refractivity contribution is 7.91. The molecule has 0 bridgehead atoms. The van der Waals surface area contributed by atoms with Gasteiger partial charge in [0.15, 0.2) is 9.84 Å². The van der Waals surface area contributed by atoms with Crippen molar-refractivity contribution in [1.82, 2.24) is 0 Å². The maximum Gasteiger partial charge on any atom is 0.266 e. The summed E-state index contributed by atoms with van der Waals surface area (Å²) in [7, 11) is -3.71. The highest BCUT2D eigenvalue weighted by Crippen LogP contribution is 2.36. The Bertz CT molecular complexity index is 886. The Hall–Kier alpha value is -2.18. The Morgan fingerprint density at radius 1 is 0.909 bits per heavy atom. The number of nitrogens with zero attached hydrogens (tertiary/aromatic N) is 1. The highest BCUT2D eigenvalue weighted by atomic mass is 35.5. The van der Waals surface area contributed by atoms with Gasteiger partial charge in [0.2, 0.25) is 0 Å². The zero-order valence-corrected chi connectivity index (χ0v) is 13.0. The van der Waals surface area contributed by atoms with Crippen LogP contribution in [-0.2, 0) is 9.84 Å². The number of sulfone groups is 1. The molecule has 0 unspecified atom stereocenters. The van der Waals surface area contributed by atoms with Crippen LogP contribution in [0.4, 0.5) is 5.69 Å². The van der Waals surface area contributed by atoms with E-state index in [4.69, 9.17) is 11.6 Å². The topological polar surface area (TPSA) is 71.5 Å². The van der Waals surface area contributed by atoms with Gasteiger partial charge in [-0.15, -0.1) is 0 Å². The summed E-state index contributed by atoms with van der Waals surface area (Å²) < 4.78 is 24.0. The van der Waals surface area contributed by atoms with Gasteiger partial charge in [-0.3, -0.25) is 9.59 Å². The van der Waals surface area contributed by atoms with Crippen LogP contribution < -0.4 is 4.90 Å². The minimum absolute atomic E-state index is 0.0267.